The second-order valence-electron chi connectivity index (χ2n) is 4.36. The number of halogens is 1. The number of hydrogen-bond donors (Lipinski definition) is 2. The molecule has 6 nitrogen and oxygen atoms in total. The first-order chi connectivity index (χ1) is 8.63. The number of carbonyl (C=O) groups excluding carboxylic acids is 1. The highest BCUT2D eigenvalue weighted by atomic mass is 35.5. The van der Waals surface area contributed by atoms with Gasteiger partial charge in [0.1, 0.15) is 5.15 Å². The van der Waals surface area contributed by atoms with Crippen molar-refractivity contribution in [3.05, 3.63) is 17.4 Å². The minimum Gasteiger partial charge on any atom is -0.328 e. The number of amides is 1. The van der Waals surface area contributed by atoms with Gasteiger partial charge in [0, 0.05) is 25.3 Å². The number of nitrogens with two attached hydrogens (primary N) is 1. The van der Waals surface area contributed by atoms with Gasteiger partial charge in [-0.1, -0.05) is 11.6 Å². The molecule has 7 heteroatoms. The van der Waals surface area contributed by atoms with E-state index in [1.807, 2.05) is 0 Å². The molecule has 0 bridgehead atoms. The largest absolute Gasteiger partial charge is 0.328 e. The molecule has 1 aliphatic heterocycles. The zero-order valence-electron chi connectivity index (χ0n) is 9.97. The highest BCUT2D eigenvalue weighted by Crippen LogP contribution is 2.09. The van der Waals surface area contributed by atoms with Gasteiger partial charge in [0.15, 0.2) is 0 Å². The Morgan fingerprint density at radius 2 is 2.28 bits per heavy atom. The molecule has 1 aromatic rings. The Morgan fingerprint density at radius 1 is 1.56 bits per heavy atom. The van der Waals surface area contributed by atoms with E-state index in [2.05, 4.69) is 20.2 Å². The van der Waals surface area contributed by atoms with E-state index in [9.17, 15) is 4.79 Å². The summed E-state index contributed by atoms with van der Waals surface area (Å²) in [6, 6.07) is 1.82. The highest BCUT2D eigenvalue weighted by Gasteiger charge is 2.18. The van der Waals surface area contributed by atoms with Crippen LogP contribution in [0.4, 0.5) is 5.95 Å². The molecule has 1 aliphatic rings. The first-order valence-electron chi connectivity index (χ1n) is 5.90. The Bertz CT molecular complexity index is 420. The number of rotatable bonds is 3. The van der Waals surface area contributed by atoms with Crippen LogP contribution >= 0.6 is 11.6 Å². The fourth-order valence-corrected chi connectivity index (χ4v) is 2.01. The lowest BCUT2D eigenvalue weighted by atomic mass is 10.1. The zero-order chi connectivity index (χ0) is 13.0. The molecule has 0 aliphatic carbocycles. The van der Waals surface area contributed by atoms with Crippen LogP contribution in [0.15, 0.2) is 12.3 Å². The van der Waals surface area contributed by atoms with Gasteiger partial charge in [-0.3, -0.25) is 15.0 Å². The molecule has 0 atom stereocenters. The van der Waals surface area contributed by atoms with Crippen molar-refractivity contribution in [2.24, 2.45) is 5.73 Å². The molecule has 2 rings (SSSR count). The number of hydrogen-bond acceptors (Lipinski definition) is 5. The fourth-order valence-electron chi connectivity index (χ4n) is 1.88. The molecule has 1 saturated heterocycles. The predicted octanol–water partition coefficient (Wildman–Crippen LogP) is 0.492. The molecular weight excluding hydrogens is 254 g/mol. The molecule has 1 aromatic heterocycles. The third-order valence-electron chi connectivity index (χ3n) is 2.87. The van der Waals surface area contributed by atoms with Crippen molar-refractivity contribution in [3.8, 4) is 0 Å². The molecule has 0 radical (unpaired) electrons. The summed E-state index contributed by atoms with van der Waals surface area (Å²) in [6.45, 7) is 2.04. The topological polar surface area (TPSA) is 84.1 Å². The van der Waals surface area contributed by atoms with Crippen molar-refractivity contribution in [1.82, 2.24) is 14.9 Å². The van der Waals surface area contributed by atoms with Crippen molar-refractivity contribution >= 4 is 23.5 Å². The first-order valence-corrected chi connectivity index (χ1v) is 6.27. The number of aromatic nitrogens is 2. The van der Waals surface area contributed by atoms with Crippen LogP contribution in [-0.2, 0) is 4.79 Å². The number of nitrogens with zero attached hydrogens (tertiary/aromatic N) is 3. The maximum absolute atomic E-state index is 11.8. The smallest absolute Gasteiger partial charge is 0.240 e. The number of carbonyl (C=O) groups is 1. The quantitative estimate of drug-likeness (QED) is 0.781. The Balaban J connectivity index is 1.82. The van der Waals surface area contributed by atoms with Crippen molar-refractivity contribution < 1.29 is 4.79 Å². The SMILES string of the molecule is NC1CCN(CC(=O)Nc2nccc(Cl)n2)CC1. The molecule has 3 N–H and O–H groups in total. The van der Waals surface area contributed by atoms with Gasteiger partial charge in [-0.2, -0.15) is 0 Å². The normalized spacial score (nSPS) is 17.7. The molecule has 1 amide bonds. The third-order valence-corrected chi connectivity index (χ3v) is 3.08. The monoisotopic (exact) mass is 269 g/mol. The van der Waals surface area contributed by atoms with Crippen LogP contribution in [0.2, 0.25) is 5.15 Å². The van der Waals surface area contributed by atoms with Gasteiger partial charge in [-0.15, -0.1) is 0 Å². The summed E-state index contributed by atoms with van der Waals surface area (Å²) in [7, 11) is 0. The molecule has 0 unspecified atom stereocenters. The van der Waals surface area contributed by atoms with Crippen molar-refractivity contribution in [2.45, 2.75) is 18.9 Å². The summed E-state index contributed by atoms with van der Waals surface area (Å²) < 4.78 is 0. The average molecular weight is 270 g/mol. The van der Waals surface area contributed by atoms with E-state index in [1.54, 1.807) is 6.07 Å². The highest BCUT2D eigenvalue weighted by molar-refractivity contribution is 6.29. The maximum Gasteiger partial charge on any atom is 0.240 e. The van der Waals surface area contributed by atoms with Crippen LogP contribution < -0.4 is 11.1 Å². The molecule has 1 fully saturated rings. The lowest BCUT2D eigenvalue weighted by Crippen LogP contribution is -2.43. The summed E-state index contributed by atoms with van der Waals surface area (Å²) >= 11 is 5.71. The molecule has 98 valence electrons. The minimum absolute atomic E-state index is 0.132. The standard InChI is InChI=1S/C11H16ClN5O/c12-9-1-4-14-11(15-9)16-10(18)7-17-5-2-8(13)3-6-17/h1,4,8H,2-3,5-7,13H2,(H,14,15,16,18). The Hall–Kier alpha value is -1.24. The Kier molecular flexibility index (Phi) is 4.46. The van der Waals surface area contributed by atoms with Crippen LogP contribution in [0.3, 0.4) is 0 Å². The second kappa shape index (κ2) is 6.08. The predicted molar refractivity (Wildman–Crippen MR) is 69.3 cm³/mol. The van der Waals surface area contributed by atoms with E-state index in [1.165, 1.54) is 6.20 Å². The van der Waals surface area contributed by atoms with E-state index >= 15 is 0 Å². The molecule has 0 spiro atoms. The van der Waals surface area contributed by atoms with Gasteiger partial charge < -0.3 is 5.73 Å². The maximum atomic E-state index is 11.8. The number of anilines is 1. The van der Waals surface area contributed by atoms with Crippen molar-refractivity contribution in [1.29, 1.82) is 0 Å². The summed E-state index contributed by atoms with van der Waals surface area (Å²) in [5.74, 6) is 0.106. The van der Waals surface area contributed by atoms with Crippen LogP contribution in [0.5, 0.6) is 0 Å². The van der Waals surface area contributed by atoms with E-state index < -0.39 is 0 Å². The molecular formula is C11H16ClN5O. The molecule has 0 saturated carbocycles. The first kappa shape index (κ1) is 13.2. The van der Waals surface area contributed by atoms with Gasteiger partial charge in [-0.05, 0) is 18.9 Å². The van der Waals surface area contributed by atoms with E-state index in [4.69, 9.17) is 17.3 Å². The minimum atomic E-state index is -0.132. The van der Waals surface area contributed by atoms with E-state index in [-0.39, 0.29) is 17.9 Å². The summed E-state index contributed by atoms with van der Waals surface area (Å²) in [6.07, 6.45) is 3.37. The lowest BCUT2D eigenvalue weighted by molar-refractivity contribution is -0.117. The van der Waals surface area contributed by atoms with E-state index in [0.717, 1.165) is 25.9 Å². The third kappa shape index (κ3) is 3.90. The number of piperidine rings is 1. The number of likely N-dealkylation sites (tertiary alicyclic amines) is 1. The van der Waals surface area contributed by atoms with Gasteiger partial charge in [0.25, 0.3) is 0 Å². The summed E-state index contributed by atoms with van der Waals surface area (Å²) in [5.41, 5.74) is 5.81. The molecule has 0 aromatic carbocycles. The van der Waals surface area contributed by atoms with Crippen molar-refractivity contribution in [2.75, 3.05) is 25.0 Å². The van der Waals surface area contributed by atoms with Crippen LogP contribution in [0.1, 0.15) is 12.8 Å². The van der Waals surface area contributed by atoms with Crippen LogP contribution in [0, 0.1) is 0 Å². The van der Waals surface area contributed by atoms with Crippen molar-refractivity contribution in [3.63, 3.8) is 0 Å². The van der Waals surface area contributed by atoms with Crippen LogP contribution in [0.25, 0.3) is 0 Å². The van der Waals surface area contributed by atoms with Gasteiger partial charge in [-0.25, -0.2) is 9.97 Å². The molecule has 2 heterocycles. The zero-order valence-corrected chi connectivity index (χ0v) is 10.7. The van der Waals surface area contributed by atoms with Crippen LogP contribution in [-0.4, -0.2) is 46.5 Å². The lowest BCUT2D eigenvalue weighted by Gasteiger charge is -2.29. The van der Waals surface area contributed by atoms with Gasteiger partial charge in [0.05, 0.1) is 6.54 Å². The fraction of sp³-hybridized carbons (Fsp3) is 0.545. The van der Waals surface area contributed by atoms with Gasteiger partial charge in [0.2, 0.25) is 11.9 Å². The summed E-state index contributed by atoms with van der Waals surface area (Å²) in [5, 5.41) is 2.93. The summed E-state index contributed by atoms with van der Waals surface area (Å²) in [4.78, 5) is 21.7. The Labute approximate surface area is 111 Å². The van der Waals surface area contributed by atoms with E-state index in [0.29, 0.717) is 11.7 Å². The molecule has 18 heavy (non-hydrogen) atoms. The average Bonchev–Trinajstić information content (AvgIpc) is 2.32. The Morgan fingerprint density at radius 3 is 2.94 bits per heavy atom. The number of nitrogens with one attached hydrogen (secondary N) is 1. The second-order valence-corrected chi connectivity index (χ2v) is 4.75. The van der Waals surface area contributed by atoms with Gasteiger partial charge >= 0.3 is 0 Å².